The smallest absolute Gasteiger partial charge is 0.303 e. The van der Waals surface area contributed by atoms with Crippen molar-refractivity contribution in [3.05, 3.63) is 58.5 Å². The highest BCUT2D eigenvalue weighted by Crippen LogP contribution is 2.45. The highest BCUT2D eigenvalue weighted by molar-refractivity contribution is 7.19. The third-order valence-corrected chi connectivity index (χ3v) is 8.46. The van der Waals surface area contributed by atoms with Crippen molar-refractivity contribution in [3.8, 4) is 0 Å². The van der Waals surface area contributed by atoms with E-state index in [0.717, 1.165) is 20.0 Å². The van der Waals surface area contributed by atoms with Gasteiger partial charge in [0.15, 0.2) is 0 Å². The fraction of sp³-hybridized carbons (Fsp3) is 0.481. The molecule has 1 aromatic carbocycles. The first-order valence-electron chi connectivity index (χ1n) is 11.7. The third-order valence-electron chi connectivity index (χ3n) is 6.68. The van der Waals surface area contributed by atoms with Crippen molar-refractivity contribution in [3.63, 3.8) is 0 Å². The topological polar surface area (TPSA) is 94.8 Å². The van der Waals surface area contributed by atoms with E-state index in [-0.39, 0.29) is 24.0 Å². The Morgan fingerprint density at radius 3 is 2.71 bits per heavy atom. The predicted molar refractivity (Wildman–Crippen MR) is 137 cm³/mol. The molecule has 1 aromatic heterocycles. The van der Waals surface area contributed by atoms with Gasteiger partial charge in [-0.3, -0.25) is 9.59 Å². The molecule has 184 valence electrons. The van der Waals surface area contributed by atoms with Gasteiger partial charge in [-0.1, -0.05) is 68.0 Å². The Hall–Kier alpha value is -1.99. The van der Waals surface area contributed by atoms with E-state index in [1.807, 2.05) is 36.4 Å². The SMILES string of the molecule is CC1(C)C(=O)[C@H](CC=CCCCC(=O)O)C(C=CC(O)CCc2sc3ccccc3c2Cl)[C@@H]1O. The maximum atomic E-state index is 13.0. The fourth-order valence-electron chi connectivity index (χ4n) is 4.59. The van der Waals surface area contributed by atoms with Crippen molar-refractivity contribution in [1.29, 1.82) is 0 Å². The van der Waals surface area contributed by atoms with Gasteiger partial charge in [0.05, 0.1) is 22.6 Å². The van der Waals surface area contributed by atoms with Gasteiger partial charge < -0.3 is 15.3 Å². The summed E-state index contributed by atoms with van der Waals surface area (Å²) < 4.78 is 1.13. The number of fused-ring (bicyclic) bond motifs is 1. The molecule has 1 saturated carbocycles. The number of hydrogen-bond acceptors (Lipinski definition) is 5. The molecule has 1 aliphatic carbocycles. The monoisotopic (exact) mass is 504 g/mol. The van der Waals surface area contributed by atoms with Crippen LogP contribution in [0.25, 0.3) is 10.1 Å². The number of ketones is 1. The highest BCUT2D eigenvalue weighted by Gasteiger charge is 2.52. The molecule has 3 rings (SSSR count). The number of aliphatic hydroxyl groups is 2. The summed E-state index contributed by atoms with van der Waals surface area (Å²) in [5.41, 5.74) is -0.855. The molecule has 7 heteroatoms. The molecular weight excluding hydrogens is 472 g/mol. The standard InChI is InChI=1S/C27H33ClO5S/c1-27(2)25(32)18(9-5-3-4-6-12-23(30)31)19(26(27)33)15-13-17(29)14-16-22-24(28)20-10-7-8-11-21(20)34-22/h3,5,7-8,10-11,13,15,17-19,26,29,33H,4,6,9,12,14,16H2,1-2H3,(H,30,31)/t17?,18-,19?,26+/m1/s1. The average molecular weight is 505 g/mol. The number of unbranched alkanes of at least 4 members (excludes halogenated alkanes) is 1. The van der Waals surface area contributed by atoms with Gasteiger partial charge in [0.25, 0.3) is 0 Å². The zero-order valence-electron chi connectivity index (χ0n) is 19.6. The molecule has 0 radical (unpaired) electrons. The van der Waals surface area contributed by atoms with Crippen LogP contribution in [0.4, 0.5) is 0 Å². The van der Waals surface area contributed by atoms with E-state index in [2.05, 4.69) is 0 Å². The van der Waals surface area contributed by atoms with Crippen LogP contribution in [0.5, 0.6) is 0 Å². The van der Waals surface area contributed by atoms with Gasteiger partial charge in [0.2, 0.25) is 0 Å². The highest BCUT2D eigenvalue weighted by atomic mass is 35.5. The largest absolute Gasteiger partial charge is 0.481 e. The number of carbonyl (C=O) groups excluding carboxylic acids is 1. The van der Waals surface area contributed by atoms with E-state index in [9.17, 15) is 19.8 Å². The Bertz CT molecular complexity index is 1070. The van der Waals surface area contributed by atoms with Crippen molar-refractivity contribution in [2.24, 2.45) is 17.3 Å². The summed E-state index contributed by atoms with van der Waals surface area (Å²) in [6.45, 7) is 3.52. The molecule has 1 aliphatic rings. The molecule has 0 amide bonds. The van der Waals surface area contributed by atoms with Crippen molar-refractivity contribution in [2.75, 3.05) is 0 Å². The lowest BCUT2D eigenvalue weighted by atomic mass is 9.86. The second-order valence-electron chi connectivity index (χ2n) is 9.53. The molecular formula is C27H33ClO5S. The first-order valence-corrected chi connectivity index (χ1v) is 12.9. The van der Waals surface area contributed by atoms with Crippen LogP contribution in [0.3, 0.4) is 0 Å². The van der Waals surface area contributed by atoms with Crippen LogP contribution in [0.15, 0.2) is 48.6 Å². The summed E-state index contributed by atoms with van der Waals surface area (Å²) in [5, 5.41) is 31.9. The number of thiophene rings is 1. The molecule has 2 aromatic rings. The number of benzene rings is 1. The number of carboxylic acid groups (broad SMARTS) is 1. The van der Waals surface area contributed by atoms with Crippen molar-refractivity contribution in [1.82, 2.24) is 0 Å². The maximum absolute atomic E-state index is 13.0. The van der Waals surface area contributed by atoms with Gasteiger partial charge in [0, 0.05) is 33.2 Å². The fourth-order valence-corrected chi connectivity index (χ4v) is 6.13. The summed E-state index contributed by atoms with van der Waals surface area (Å²) in [4.78, 5) is 24.6. The van der Waals surface area contributed by atoms with Gasteiger partial charge in [0.1, 0.15) is 5.78 Å². The number of carbonyl (C=O) groups is 2. The summed E-state index contributed by atoms with van der Waals surface area (Å²) >= 11 is 8.14. The summed E-state index contributed by atoms with van der Waals surface area (Å²) in [6, 6.07) is 7.97. The number of halogens is 1. The lowest BCUT2D eigenvalue weighted by Crippen LogP contribution is -2.31. The Balaban J connectivity index is 1.61. The minimum Gasteiger partial charge on any atom is -0.481 e. The van der Waals surface area contributed by atoms with Crippen LogP contribution in [0, 0.1) is 17.3 Å². The predicted octanol–water partition coefficient (Wildman–Crippen LogP) is 5.81. The third kappa shape index (κ3) is 6.16. The number of carboxylic acids is 1. The number of hydrogen-bond donors (Lipinski definition) is 3. The van der Waals surface area contributed by atoms with Crippen molar-refractivity contribution < 1.29 is 24.9 Å². The van der Waals surface area contributed by atoms with Gasteiger partial charge in [-0.2, -0.15) is 0 Å². The Kier molecular flexibility index (Phi) is 9.10. The minimum absolute atomic E-state index is 0.0105. The lowest BCUT2D eigenvalue weighted by molar-refractivity contribution is -0.137. The molecule has 5 nitrogen and oxygen atoms in total. The van der Waals surface area contributed by atoms with Crippen LogP contribution in [0.2, 0.25) is 5.02 Å². The minimum atomic E-state index is -0.855. The first-order chi connectivity index (χ1) is 16.1. The molecule has 3 N–H and O–H groups in total. The second kappa shape index (κ2) is 11.6. The maximum Gasteiger partial charge on any atom is 0.303 e. The van der Waals surface area contributed by atoms with Crippen LogP contribution in [-0.4, -0.2) is 39.3 Å². The average Bonchev–Trinajstić information content (AvgIpc) is 3.20. The van der Waals surface area contributed by atoms with Gasteiger partial charge in [-0.25, -0.2) is 0 Å². The van der Waals surface area contributed by atoms with Crippen LogP contribution < -0.4 is 0 Å². The number of rotatable bonds is 11. The van der Waals surface area contributed by atoms with Crippen molar-refractivity contribution in [2.45, 2.75) is 64.6 Å². The normalized spacial score (nSPS) is 23.4. The van der Waals surface area contributed by atoms with E-state index in [4.69, 9.17) is 16.7 Å². The van der Waals surface area contributed by atoms with Crippen molar-refractivity contribution >= 4 is 44.8 Å². The molecule has 1 fully saturated rings. The lowest BCUT2D eigenvalue weighted by Gasteiger charge is -2.22. The Morgan fingerprint density at radius 2 is 2.00 bits per heavy atom. The summed E-state index contributed by atoms with van der Waals surface area (Å²) in [7, 11) is 0. The van der Waals surface area contributed by atoms with E-state index in [1.165, 1.54) is 0 Å². The van der Waals surface area contributed by atoms with E-state index in [0.29, 0.717) is 32.1 Å². The van der Waals surface area contributed by atoms with E-state index < -0.39 is 23.6 Å². The number of aliphatic hydroxyl groups excluding tert-OH is 2. The van der Waals surface area contributed by atoms with Gasteiger partial charge in [-0.15, -0.1) is 11.3 Å². The molecule has 2 unspecified atom stereocenters. The van der Waals surface area contributed by atoms with Crippen LogP contribution in [-0.2, 0) is 16.0 Å². The van der Waals surface area contributed by atoms with Crippen LogP contribution >= 0.6 is 22.9 Å². The van der Waals surface area contributed by atoms with Gasteiger partial charge >= 0.3 is 5.97 Å². The molecule has 0 aliphatic heterocycles. The molecule has 0 bridgehead atoms. The molecule has 0 spiro atoms. The molecule has 4 atom stereocenters. The quantitative estimate of drug-likeness (QED) is 0.265. The number of Topliss-reactive ketones (excluding diaryl/α,β-unsaturated/α-hetero) is 1. The van der Waals surface area contributed by atoms with E-state index >= 15 is 0 Å². The molecule has 0 saturated heterocycles. The second-order valence-corrected chi connectivity index (χ2v) is 11.0. The zero-order chi connectivity index (χ0) is 24.9. The molecule has 1 heterocycles. The van der Waals surface area contributed by atoms with E-state index in [1.54, 1.807) is 37.3 Å². The summed E-state index contributed by atoms with van der Waals surface area (Å²) in [6.07, 6.45) is 8.68. The number of allylic oxidation sites excluding steroid dienone is 2. The molecule has 34 heavy (non-hydrogen) atoms. The van der Waals surface area contributed by atoms with Gasteiger partial charge in [-0.05, 0) is 38.2 Å². The first kappa shape index (κ1) is 26.6. The summed E-state index contributed by atoms with van der Waals surface area (Å²) in [5.74, 6) is -1.56. The Labute approximate surface area is 209 Å². The Morgan fingerprint density at radius 1 is 1.26 bits per heavy atom. The number of aliphatic carboxylic acids is 1. The zero-order valence-corrected chi connectivity index (χ0v) is 21.2. The number of aryl methyl sites for hydroxylation is 1. The van der Waals surface area contributed by atoms with Crippen LogP contribution in [0.1, 0.15) is 50.8 Å².